The van der Waals surface area contributed by atoms with Gasteiger partial charge in [-0.25, -0.2) is 13.8 Å². The fourth-order valence-electron chi connectivity index (χ4n) is 4.08. The number of sulfone groups is 1. The topological polar surface area (TPSA) is 122 Å². The molecule has 0 radical (unpaired) electrons. The summed E-state index contributed by atoms with van der Waals surface area (Å²) in [5.41, 5.74) is 5.91. The molecule has 3 N–H and O–H groups in total. The number of hydrogen-bond donors (Lipinski definition) is 3. The first-order chi connectivity index (χ1) is 15.9. The minimum Gasteiger partial charge on any atom is -0.395 e. The first-order valence-electron chi connectivity index (χ1n) is 11.9. The lowest BCUT2D eigenvalue weighted by Gasteiger charge is -2.31. The summed E-state index contributed by atoms with van der Waals surface area (Å²) in [6.45, 7) is 7.76. The van der Waals surface area contributed by atoms with Crippen LogP contribution in [0.3, 0.4) is 0 Å². The van der Waals surface area contributed by atoms with E-state index in [0.29, 0.717) is 38.7 Å². The van der Waals surface area contributed by atoms with E-state index in [1.807, 2.05) is 52.0 Å². The van der Waals surface area contributed by atoms with Gasteiger partial charge < -0.3 is 9.84 Å². The van der Waals surface area contributed by atoms with Crippen molar-refractivity contribution in [3.05, 3.63) is 35.4 Å². The maximum atomic E-state index is 13.1. The minimum absolute atomic E-state index is 0.00868. The third-order valence-electron chi connectivity index (χ3n) is 6.01. The van der Waals surface area contributed by atoms with Crippen LogP contribution in [0.15, 0.2) is 24.3 Å². The van der Waals surface area contributed by atoms with E-state index in [9.17, 15) is 18.0 Å². The molecule has 34 heavy (non-hydrogen) atoms. The number of rotatable bonds is 17. The first-order valence-corrected chi connectivity index (χ1v) is 13.7. The van der Waals surface area contributed by atoms with Gasteiger partial charge in [0.25, 0.3) is 0 Å². The molecule has 0 fully saturated rings. The zero-order valence-electron chi connectivity index (χ0n) is 21.3. The monoisotopic (exact) mass is 498 g/mol. The van der Waals surface area contributed by atoms with Crippen LogP contribution in [0.4, 0.5) is 0 Å². The smallest absolute Gasteiger partial charge is 0.244 e. The Balaban J connectivity index is 2.97. The number of Topliss-reactive ketones (excluding diaryl/α,β-unsaturated/α-hetero) is 1. The second kappa shape index (κ2) is 13.9. The van der Waals surface area contributed by atoms with E-state index in [1.165, 1.54) is 0 Å². The number of carbonyl (C=O) groups excluding carboxylic acids is 2. The van der Waals surface area contributed by atoms with Crippen LogP contribution in [0.25, 0.3) is 0 Å². The molecule has 1 amide bonds. The van der Waals surface area contributed by atoms with Crippen LogP contribution >= 0.6 is 0 Å². The van der Waals surface area contributed by atoms with Gasteiger partial charge in [-0.3, -0.25) is 15.0 Å². The lowest BCUT2D eigenvalue weighted by atomic mass is 9.75. The third-order valence-corrected chi connectivity index (χ3v) is 8.03. The molecule has 0 saturated carbocycles. The Bertz CT molecular complexity index is 900. The van der Waals surface area contributed by atoms with Crippen molar-refractivity contribution in [1.82, 2.24) is 10.9 Å². The van der Waals surface area contributed by atoms with E-state index in [0.717, 1.165) is 11.1 Å². The summed E-state index contributed by atoms with van der Waals surface area (Å²) in [7, 11) is -1.70. The minimum atomic E-state index is -3.33. The number of nitrogens with one attached hydrogen (secondary N) is 2. The van der Waals surface area contributed by atoms with Gasteiger partial charge in [0, 0.05) is 20.1 Å². The molecular formula is C25H42N2O6S. The first kappa shape index (κ1) is 30.2. The lowest BCUT2D eigenvalue weighted by Crippen LogP contribution is -2.47. The molecule has 0 aliphatic carbocycles. The molecule has 194 valence electrons. The summed E-state index contributed by atoms with van der Waals surface area (Å²) < 4.78 is 29.5. The molecule has 1 aromatic carbocycles. The van der Waals surface area contributed by atoms with Gasteiger partial charge in [0.05, 0.1) is 23.5 Å². The van der Waals surface area contributed by atoms with Crippen molar-refractivity contribution in [3.63, 3.8) is 0 Å². The van der Waals surface area contributed by atoms with Crippen LogP contribution < -0.4 is 10.9 Å². The number of amides is 1. The van der Waals surface area contributed by atoms with E-state index in [-0.39, 0.29) is 36.4 Å². The average Bonchev–Trinajstić information content (AvgIpc) is 2.75. The van der Waals surface area contributed by atoms with Gasteiger partial charge in [-0.15, -0.1) is 0 Å². The molecule has 1 atom stereocenters. The Kier molecular flexibility index (Phi) is 12.4. The Morgan fingerprint density at radius 1 is 1.15 bits per heavy atom. The number of aryl methyl sites for hydroxylation is 1. The molecular weight excluding hydrogens is 456 g/mol. The standard InChI is InChI=1S/C25H42N2O6S/c1-6-33-18-22(29)12-11-20-9-7-10-21(17-20)25(4,23(30)27-26-5)14-8-13-24(2,3)19-34(31,32)16-15-28/h7,9-10,17,26,28H,6,8,11-16,18-19H2,1-5H3,(H,27,30)/t25-/m1/s1. The maximum Gasteiger partial charge on any atom is 0.244 e. The van der Waals surface area contributed by atoms with Gasteiger partial charge in [0.2, 0.25) is 5.91 Å². The zero-order chi connectivity index (χ0) is 25.8. The van der Waals surface area contributed by atoms with Gasteiger partial charge in [-0.2, -0.15) is 0 Å². The molecule has 0 heterocycles. The number of aliphatic hydroxyl groups excluding tert-OH is 1. The highest BCUT2D eigenvalue weighted by atomic mass is 32.2. The second-order valence-corrected chi connectivity index (χ2v) is 11.9. The number of aliphatic hydroxyl groups is 1. The van der Waals surface area contributed by atoms with Crippen molar-refractivity contribution in [2.45, 2.75) is 65.2 Å². The predicted molar refractivity (Wildman–Crippen MR) is 134 cm³/mol. The molecule has 0 aliphatic rings. The number of benzene rings is 1. The summed E-state index contributed by atoms with van der Waals surface area (Å²) in [5.74, 6) is -0.379. The van der Waals surface area contributed by atoms with Gasteiger partial charge in [0.1, 0.15) is 6.61 Å². The largest absolute Gasteiger partial charge is 0.395 e. The normalized spacial score (nSPS) is 13.9. The predicted octanol–water partition coefficient (Wildman–Crippen LogP) is 2.34. The number of ketones is 1. The fraction of sp³-hybridized carbons (Fsp3) is 0.680. The average molecular weight is 499 g/mol. The van der Waals surface area contributed by atoms with Gasteiger partial charge in [0.15, 0.2) is 15.6 Å². The highest BCUT2D eigenvalue weighted by Gasteiger charge is 2.36. The Labute approximate surface area is 204 Å². The Morgan fingerprint density at radius 3 is 2.47 bits per heavy atom. The SMILES string of the molecule is CCOCC(=O)CCc1cccc([C@@](C)(CCCC(C)(C)CS(=O)(=O)CCO)C(=O)NNC)c1. The molecule has 8 nitrogen and oxygen atoms in total. The summed E-state index contributed by atoms with van der Waals surface area (Å²) in [6, 6.07) is 7.73. The Morgan fingerprint density at radius 2 is 1.85 bits per heavy atom. The summed E-state index contributed by atoms with van der Waals surface area (Å²) in [6.07, 6.45) is 2.73. The van der Waals surface area contributed by atoms with Crippen LogP contribution in [-0.4, -0.2) is 63.6 Å². The van der Waals surface area contributed by atoms with Crippen molar-refractivity contribution in [2.24, 2.45) is 5.41 Å². The molecule has 0 aromatic heterocycles. The number of hydrogen-bond acceptors (Lipinski definition) is 7. The van der Waals surface area contributed by atoms with Crippen molar-refractivity contribution in [2.75, 3.05) is 38.4 Å². The number of carbonyl (C=O) groups is 2. The third kappa shape index (κ3) is 10.2. The molecule has 9 heteroatoms. The number of hydrazine groups is 1. The van der Waals surface area contributed by atoms with Crippen LogP contribution in [0, 0.1) is 5.41 Å². The van der Waals surface area contributed by atoms with E-state index in [2.05, 4.69) is 10.9 Å². The summed E-state index contributed by atoms with van der Waals surface area (Å²) >= 11 is 0. The molecule has 0 spiro atoms. The molecule has 0 aliphatic heterocycles. The molecule has 0 unspecified atom stereocenters. The maximum absolute atomic E-state index is 13.1. The molecule has 1 aromatic rings. The van der Waals surface area contributed by atoms with E-state index >= 15 is 0 Å². The fourth-order valence-corrected chi connectivity index (χ4v) is 5.84. The van der Waals surface area contributed by atoms with Crippen molar-refractivity contribution in [3.8, 4) is 0 Å². The highest BCUT2D eigenvalue weighted by Crippen LogP contribution is 2.34. The van der Waals surface area contributed by atoms with Crippen LogP contribution in [0.5, 0.6) is 0 Å². The van der Waals surface area contributed by atoms with Crippen molar-refractivity contribution < 1.29 is 27.9 Å². The highest BCUT2D eigenvalue weighted by molar-refractivity contribution is 7.91. The second-order valence-electron chi connectivity index (χ2n) is 9.75. The van der Waals surface area contributed by atoms with Gasteiger partial charge in [-0.05, 0) is 49.7 Å². The lowest BCUT2D eigenvalue weighted by molar-refractivity contribution is -0.127. The summed E-state index contributed by atoms with van der Waals surface area (Å²) in [4.78, 5) is 25.0. The van der Waals surface area contributed by atoms with E-state index < -0.39 is 20.7 Å². The van der Waals surface area contributed by atoms with Crippen molar-refractivity contribution in [1.29, 1.82) is 0 Å². The Hall–Kier alpha value is -1.81. The summed E-state index contributed by atoms with van der Waals surface area (Å²) in [5, 5.41) is 8.99. The van der Waals surface area contributed by atoms with Crippen LogP contribution in [0.1, 0.15) is 64.5 Å². The quantitative estimate of drug-likeness (QED) is 0.282. The van der Waals surface area contributed by atoms with Gasteiger partial charge >= 0.3 is 0 Å². The van der Waals surface area contributed by atoms with Crippen LogP contribution in [0.2, 0.25) is 0 Å². The van der Waals surface area contributed by atoms with Crippen molar-refractivity contribution >= 4 is 21.5 Å². The molecule has 1 rings (SSSR count). The zero-order valence-corrected chi connectivity index (χ0v) is 22.1. The van der Waals surface area contributed by atoms with Gasteiger partial charge in [-0.1, -0.05) is 44.5 Å². The van der Waals surface area contributed by atoms with Crippen LogP contribution in [-0.2, 0) is 36.0 Å². The molecule has 0 saturated heterocycles. The van der Waals surface area contributed by atoms with E-state index in [4.69, 9.17) is 9.84 Å². The number of ether oxygens (including phenoxy) is 1. The molecule has 0 bridgehead atoms. The van der Waals surface area contributed by atoms with E-state index in [1.54, 1.807) is 7.05 Å².